The third-order valence-corrected chi connectivity index (χ3v) is 5.33. The number of phenols is 1. The summed E-state index contributed by atoms with van der Waals surface area (Å²) in [6, 6.07) is 12.2. The molecule has 0 aliphatic heterocycles. The third kappa shape index (κ3) is 4.94. The minimum atomic E-state index is -0.255. The second kappa shape index (κ2) is 9.54. The van der Waals surface area contributed by atoms with E-state index in [4.69, 9.17) is 4.74 Å². The van der Waals surface area contributed by atoms with Crippen molar-refractivity contribution in [3.63, 3.8) is 0 Å². The molecule has 0 saturated carbocycles. The maximum atomic E-state index is 12.6. The number of ether oxygens (including phenoxy) is 1. The minimum absolute atomic E-state index is 0.0423. The number of nitrogens with zero attached hydrogens (tertiary/aromatic N) is 3. The summed E-state index contributed by atoms with van der Waals surface area (Å²) in [6.45, 7) is 6.24. The predicted molar refractivity (Wildman–Crippen MR) is 113 cm³/mol. The Hall–Kier alpha value is -2.89. The van der Waals surface area contributed by atoms with Gasteiger partial charge in [-0.3, -0.25) is 4.79 Å². The van der Waals surface area contributed by atoms with E-state index in [1.54, 1.807) is 12.1 Å². The number of aromatic hydroxyl groups is 1. The molecular formula is C23H29N3O3. The number of esters is 1. The molecule has 0 saturated heterocycles. The first-order valence-corrected chi connectivity index (χ1v) is 10.4. The summed E-state index contributed by atoms with van der Waals surface area (Å²) in [6.07, 6.45) is 5.33. The van der Waals surface area contributed by atoms with E-state index in [0.717, 1.165) is 43.1 Å². The molecule has 1 heterocycles. The van der Waals surface area contributed by atoms with Crippen LogP contribution in [-0.2, 0) is 4.79 Å². The Bertz CT molecular complexity index is 934. The number of carbonyl (C=O) groups is 1. The van der Waals surface area contributed by atoms with Crippen LogP contribution in [0, 0.1) is 11.8 Å². The van der Waals surface area contributed by atoms with Gasteiger partial charge in [-0.15, -0.1) is 15.0 Å². The molecule has 1 aromatic heterocycles. The molecule has 6 heteroatoms. The second-order valence-corrected chi connectivity index (χ2v) is 7.53. The average molecular weight is 396 g/mol. The van der Waals surface area contributed by atoms with Gasteiger partial charge in [-0.2, -0.15) is 0 Å². The van der Waals surface area contributed by atoms with E-state index in [0.29, 0.717) is 17.4 Å². The first-order valence-electron chi connectivity index (χ1n) is 10.4. The van der Waals surface area contributed by atoms with Crippen LogP contribution in [-0.4, -0.2) is 26.1 Å². The monoisotopic (exact) mass is 395 g/mol. The van der Waals surface area contributed by atoms with Gasteiger partial charge in [0.2, 0.25) is 0 Å². The summed E-state index contributed by atoms with van der Waals surface area (Å²) in [4.78, 5) is 14.0. The van der Waals surface area contributed by atoms with Gasteiger partial charge in [-0.25, -0.2) is 0 Å². The molecule has 0 spiro atoms. The van der Waals surface area contributed by atoms with Crippen LogP contribution >= 0.6 is 0 Å². The zero-order valence-corrected chi connectivity index (χ0v) is 17.3. The molecule has 6 nitrogen and oxygen atoms in total. The predicted octanol–water partition coefficient (Wildman–Crippen LogP) is 5.27. The number of fused-ring (bicyclic) bond motifs is 1. The number of benzene rings is 2. The highest BCUT2D eigenvalue weighted by Gasteiger charge is 2.25. The Balaban J connectivity index is 1.73. The zero-order valence-electron chi connectivity index (χ0n) is 17.3. The van der Waals surface area contributed by atoms with Crippen molar-refractivity contribution in [3.05, 3.63) is 42.5 Å². The van der Waals surface area contributed by atoms with Crippen molar-refractivity contribution in [1.29, 1.82) is 0 Å². The van der Waals surface area contributed by atoms with Crippen molar-refractivity contribution in [2.45, 2.75) is 52.9 Å². The van der Waals surface area contributed by atoms with Crippen molar-refractivity contribution in [3.8, 4) is 17.2 Å². The van der Waals surface area contributed by atoms with Crippen molar-refractivity contribution in [2.75, 3.05) is 0 Å². The van der Waals surface area contributed by atoms with Crippen LogP contribution < -0.4 is 4.74 Å². The van der Waals surface area contributed by atoms with E-state index in [1.165, 1.54) is 10.9 Å². The van der Waals surface area contributed by atoms with E-state index < -0.39 is 0 Å². The Morgan fingerprint density at radius 3 is 2.34 bits per heavy atom. The van der Waals surface area contributed by atoms with Gasteiger partial charge in [0.25, 0.3) is 0 Å². The second-order valence-electron chi connectivity index (χ2n) is 7.53. The number of aromatic nitrogens is 3. The Labute approximate surface area is 171 Å². The summed E-state index contributed by atoms with van der Waals surface area (Å²) < 4.78 is 5.57. The lowest BCUT2D eigenvalue weighted by Gasteiger charge is -2.22. The molecule has 2 atom stereocenters. The highest BCUT2D eigenvalue weighted by molar-refractivity contribution is 5.76. The largest absolute Gasteiger partial charge is 0.505 e. The molecule has 0 aliphatic carbocycles. The highest BCUT2D eigenvalue weighted by Crippen LogP contribution is 2.29. The van der Waals surface area contributed by atoms with Crippen molar-refractivity contribution >= 4 is 17.0 Å². The summed E-state index contributed by atoms with van der Waals surface area (Å²) >= 11 is 0. The third-order valence-electron chi connectivity index (χ3n) is 5.33. The summed E-state index contributed by atoms with van der Waals surface area (Å²) in [5.74, 6) is 0.169. The molecule has 2 aromatic carbocycles. The molecule has 0 aliphatic rings. The van der Waals surface area contributed by atoms with E-state index in [-0.39, 0.29) is 17.6 Å². The van der Waals surface area contributed by atoms with Gasteiger partial charge >= 0.3 is 5.97 Å². The molecule has 0 radical (unpaired) electrons. The average Bonchev–Trinajstić information content (AvgIpc) is 3.14. The van der Waals surface area contributed by atoms with Gasteiger partial charge in [0.05, 0.1) is 5.92 Å². The smallest absolute Gasteiger partial charge is 0.314 e. The van der Waals surface area contributed by atoms with Crippen LogP contribution in [0.25, 0.3) is 16.7 Å². The van der Waals surface area contributed by atoms with Crippen molar-refractivity contribution in [1.82, 2.24) is 15.0 Å². The standard InChI is InChI=1S/C23H29N3O3/c1-4-6-10-17(9-5-2)16(3)23(28)29-18-13-14-21(22(27)15-18)26-24-19-11-7-8-12-20(19)25-26/h7-8,11-17,27H,4-6,9-10H2,1-3H3. The van der Waals surface area contributed by atoms with Crippen LogP contribution in [0.2, 0.25) is 0 Å². The topological polar surface area (TPSA) is 77.2 Å². The van der Waals surface area contributed by atoms with E-state index in [9.17, 15) is 9.90 Å². The van der Waals surface area contributed by atoms with Crippen LogP contribution in [0.4, 0.5) is 0 Å². The fraction of sp³-hybridized carbons (Fsp3) is 0.435. The molecule has 3 aromatic rings. The number of hydrogen-bond donors (Lipinski definition) is 1. The highest BCUT2D eigenvalue weighted by atomic mass is 16.5. The Kier molecular flexibility index (Phi) is 6.86. The first-order chi connectivity index (χ1) is 14.0. The van der Waals surface area contributed by atoms with Crippen molar-refractivity contribution < 1.29 is 14.6 Å². The normalized spacial score (nSPS) is 13.3. The van der Waals surface area contributed by atoms with Crippen LogP contribution in [0.15, 0.2) is 42.5 Å². The number of unbranched alkanes of at least 4 members (excludes halogenated alkanes) is 1. The lowest BCUT2D eigenvalue weighted by atomic mass is 9.86. The number of carbonyl (C=O) groups excluding carboxylic acids is 1. The fourth-order valence-electron chi connectivity index (χ4n) is 3.59. The fourth-order valence-corrected chi connectivity index (χ4v) is 3.59. The Morgan fingerprint density at radius 1 is 1.07 bits per heavy atom. The van der Waals surface area contributed by atoms with E-state index in [1.807, 2.05) is 31.2 Å². The molecule has 29 heavy (non-hydrogen) atoms. The van der Waals surface area contributed by atoms with Crippen molar-refractivity contribution in [2.24, 2.45) is 11.8 Å². The molecule has 1 N–H and O–H groups in total. The lowest BCUT2D eigenvalue weighted by Crippen LogP contribution is -2.25. The van der Waals surface area contributed by atoms with Gasteiger partial charge in [-0.1, -0.05) is 52.2 Å². The maximum Gasteiger partial charge on any atom is 0.314 e. The first kappa shape index (κ1) is 20.8. The molecule has 0 bridgehead atoms. The summed E-state index contributed by atoms with van der Waals surface area (Å²) in [5.41, 5.74) is 1.91. The number of rotatable bonds is 9. The number of phenolic OH excluding ortho intramolecular Hbond substituents is 1. The van der Waals surface area contributed by atoms with Crippen LogP contribution in [0.1, 0.15) is 52.9 Å². The molecule has 3 rings (SSSR count). The quantitative estimate of drug-likeness (QED) is 0.394. The molecule has 0 fully saturated rings. The van der Waals surface area contributed by atoms with Gasteiger partial charge < -0.3 is 9.84 Å². The lowest BCUT2D eigenvalue weighted by molar-refractivity contribution is -0.140. The minimum Gasteiger partial charge on any atom is -0.505 e. The molecule has 2 unspecified atom stereocenters. The molecule has 0 amide bonds. The summed E-state index contributed by atoms with van der Waals surface area (Å²) in [5, 5.41) is 19.2. The number of hydrogen-bond acceptors (Lipinski definition) is 5. The van der Waals surface area contributed by atoms with Crippen LogP contribution in [0.5, 0.6) is 11.5 Å². The SMILES string of the molecule is CCCCC(CCC)C(C)C(=O)Oc1ccc(-n2nc3ccccc3n2)c(O)c1. The molecular weight excluding hydrogens is 366 g/mol. The maximum absolute atomic E-state index is 12.6. The van der Waals surface area contributed by atoms with E-state index >= 15 is 0 Å². The van der Waals surface area contributed by atoms with Gasteiger partial charge in [0.15, 0.2) is 0 Å². The Morgan fingerprint density at radius 2 is 1.76 bits per heavy atom. The van der Waals surface area contributed by atoms with Crippen LogP contribution in [0.3, 0.4) is 0 Å². The molecule has 154 valence electrons. The van der Waals surface area contributed by atoms with Gasteiger partial charge in [0.1, 0.15) is 28.2 Å². The van der Waals surface area contributed by atoms with Gasteiger partial charge in [0, 0.05) is 6.07 Å². The van der Waals surface area contributed by atoms with Gasteiger partial charge in [-0.05, 0) is 43.0 Å². The zero-order chi connectivity index (χ0) is 20.8. The van der Waals surface area contributed by atoms with E-state index in [2.05, 4.69) is 24.0 Å². The summed E-state index contributed by atoms with van der Waals surface area (Å²) in [7, 11) is 0.